The fourth-order valence-electron chi connectivity index (χ4n) is 4.96. The topological polar surface area (TPSA) is 158 Å². The Kier molecular flexibility index (Phi) is 10.9. The van der Waals surface area contributed by atoms with Crippen molar-refractivity contribution in [2.45, 2.75) is 58.0 Å². The van der Waals surface area contributed by atoms with Crippen molar-refractivity contribution < 1.29 is 19.5 Å². The lowest BCUT2D eigenvalue weighted by Crippen LogP contribution is -2.52. The van der Waals surface area contributed by atoms with E-state index in [1.807, 2.05) is 50.2 Å². The number of nitrogens with one attached hydrogen (secondary N) is 4. The van der Waals surface area contributed by atoms with E-state index in [-0.39, 0.29) is 24.3 Å². The first-order chi connectivity index (χ1) is 20.3. The van der Waals surface area contributed by atoms with Crippen molar-refractivity contribution in [2.24, 2.45) is 11.8 Å². The van der Waals surface area contributed by atoms with Gasteiger partial charge in [-0.15, -0.1) is 0 Å². The van der Waals surface area contributed by atoms with E-state index in [0.717, 1.165) is 43.6 Å². The molecule has 1 aromatic carbocycles. The number of rotatable bonds is 13. The lowest BCUT2D eigenvalue weighted by molar-refractivity contribution is -0.142. The number of piperidine rings is 1. The van der Waals surface area contributed by atoms with Gasteiger partial charge in [0.05, 0.1) is 5.56 Å². The fraction of sp³-hybridized carbons (Fsp3) is 0.419. The number of carbonyl (C=O) groups excluding carboxylic acids is 2. The molecule has 3 heterocycles. The molecule has 0 spiro atoms. The molecule has 5 N–H and O–H groups in total. The number of carboxylic acids is 1. The monoisotopic (exact) mass is 573 g/mol. The molecule has 4 rings (SSSR count). The van der Waals surface area contributed by atoms with Crippen molar-refractivity contribution in [1.82, 2.24) is 30.9 Å². The molecule has 2 atom stereocenters. The quantitative estimate of drug-likeness (QED) is 0.207. The Hall–Kier alpha value is -4.38. The second-order valence-corrected chi connectivity index (χ2v) is 11.1. The molecule has 11 nitrogen and oxygen atoms in total. The third-order valence-electron chi connectivity index (χ3n) is 7.19. The highest BCUT2D eigenvalue weighted by atomic mass is 16.4. The Morgan fingerprint density at radius 3 is 2.38 bits per heavy atom. The Morgan fingerprint density at radius 2 is 1.71 bits per heavy atom. The van der Waals surface area contributed by atoms with Crippen LogP contribution in [0.4, 0.5) is 11.6 Å². The van der Waals surface area contributed by atoms with Crippen molar-refractivity contribution in [3.63, 3.8) is 0 Å². The van der Waals surface area contributed by atoms with Gasteiger partial charge in [-0.25, -0.2) is 19.7 Å². The molecule has 2 aromatic heterocycles. The highest BCUT2D eigenvalue weighted by Crippen LogP contribution is 2.19. The van der Waals surface area contributed by atoms with Crippen LogP contribution in [0.2, 0.25) is 0 Å². The fourth-order valence-corrected chi connectivity index (χ4v) is 4.96. The van der Waals surface area contributed by atoms with E-state index < -0.39 is 29.9 Å². The van der Waals surface area contributed by atoms with Gasteiger partial charge in [0.1, 0.15) is 30.0 Å². The molecule has 222 valence electrons. The number of hydrogen-bond donors (Lipinski definition) is 5. The maximum Gasteiger partial charge on any atom is 0.326 e. The molecule has 1 saturated heterocycles. The second-order valence-electron chi connectivity index (χ2n) is 11.1. The molecule has 1 aliphatic heterocycles. The molecule has 42 heavy (non-hydrogen) atoms. The van der Waals surface area contributed by atoms with Gasteiger partial charge in [0.2, 0.25) is 5.91 Å². The smallest absolute Gasteiger partial charge is 0.326 e. The number of carboxylic acid groups (broad SMARTS) is 1. The summed E-state index contributed by atoms with van der Waals surface area (Å²) in [7, 11) is 0. The number of amides is 2. The summed E-state index contributed by atoms with van der Waals surface area (Å²) in [5, 5.41) is 21.5. The minimum atomic E-state index is -1.11. The van der Waals surface area contributed by atoms with E-state index in [1.165, 1.54) is 12.5 Å². The van der Waals surface area contributed by atoms with E-state index in [4.69, 9.17) is 0 Å². The molecular formula is C31H39N7O4. The summed E-state index contributed by atoms with van der Waals surface area (Å²) in [4.78, 5) is 51.2. The van der Waals surface area contributed by atoms with Gasteiger partial charge in [-0.3, -0.25) is 9.59 Å². The largest absolute Gasteiger partial charge is 0.480 e. The Bertz CT molecular complexity index is 1330. The van der Waals surface area contributed by atoms with E-state index in [2.05, 4.69) is 36.2 Å². The van der Waals surface area contributed by atoms with Gasteiger partial charge in [-0.05, 0) is 68.3 Å². The maximum absolute atomic E-state index is 13.2. The Labute approximate surface area is 246 Å². The minimum Gasteiger partial charge on any atom is -0.480 e. The summed E-state index contributed by atoms with van der Waals surface area (Å²) >= 11 is 0. The van der Waals surface area contributed by atoms with Crippen molar-refractivity contribution >= 4 is 29.4 Å². The summed E-state index contributed by atoms with van der Waals surface area (Å²) < 4.78 is 0. The van der Waals surface area contributed by atoms with Crippen molar-refractivity contribution in [1.29, 1.82) is 0 Å². The molecular weight excluding hydrogens is 534 g/mol. The standard InChI is InChI=1S/C31H39N7O4/c1-20(2)14-26(31(41)42)37-30(40)25(16-21-6-4-3-5-7-21)36-29(39)23-8-9-27(33-18-23)38-28-17-24(34-19-35-28)15-22-10-12-32-13-11-22/h3-9,17-20,22,25-26,32H,10-16H2,1-2H3,(H,36,39)(H,37,40)(H,41,42)(H,33,34,35,38)/t25-,26-/m0/s1. The Balaban J connectivity index is 1.41. The number of aromatic nitrogens is 3. The van der Waals surface area contributed by atoms with Gasteiger partial charge in [0, 0.05) is 24.4 Å². The second kappa shape index (κ2) is 15.0. The number of anilines is 2. The molecule has 0 radical (unpaired) electrons. The molecule has 11 heteroatoms. The average Bonchev–Trinajstić information content (AvgIpc) is 2.98. The van der Waals surface area contributed by atoms with Gasteiger partial charge in [-0.1, -0.05) is 44.2 Å². The third-order valence-corrected chi connectivity index (χ3v) is 7.19. The number of aliphatic carboxylic acids is 1. The zero-order valence-electron chi connectivity index (χ0n) is 24.0. The van der Waals surface area contributed by atoms with Crippen LogP contribution in [0, 0.1) is 11.8 Å². The highest BCUT2D eigenvalue weighted by molar-refractivity contribution is 5.98. The predicted octanol–water partition coefficient (Wildman–Crippen LogP) is 3.11. The first-order valence-corrected chi connectivity index (χ1v) is 14.4. The van der Waals surface area contributed by atoms with Crippen LogP contribution in [-0.4, -0.2) is 63.0 Å². The summed E-state index contributed by atoms with van der Waals surface area (Å²) in [6.45, 7) is 5.83. The van der Waals surface area contributed by atoms with Gasteiger partial charge in [-0.2, -0.15) is 0 Å². The molecule has 1 aliphatic rings. The van der Waals surface area contributed by atoms with Gasteiger partial charge in [0.15, 0.2) is 0 Å². The van der Waals surface area contributed by atoms with Gasteiger partial charge < -0.3 is 26.4 Å². The maximum atomic E-state index is 13.2. The molecule has 0 aliphatic carbocycles. The van der Waals surface area contributed by atoms with E-state index >= 15 is 0 Å². The van der Waals surface area contributed by atoms with Crippen LogP contribution in [0.3, 0.4) is 0 Å². The number of nitrogens with zero attached hydrogens (tertiary/aromatic N) is 3. The zero-order chi connectivity index (χ0) is 29.9. The summed E-state index contributed by atoms with van der Waals surface area (Å²) in [5.74, 6) is -0.376. The van der Waals surface area contributed by atoms with Crippen molar-refractivity contribution in [2.75, 3.05) is 18.4 Å². The number of hydrogen-bond acceptors (Lipinski definition) is 8. The molecule has 0 unspecified atom stereocenters. The molecule has 2 amide bonds. The van der Waals surface area contributed by atoms with Crippen LogP contribution >= 0.6 is 0 Å². The normalized spacial score (nSPS) is 15.0. The van der Waals surface area contributed by atoms with E-state index in [9.17, 15) is 19.5 Å². The van der Waals surface area contributed by atoms with Crippen LogP contribution < -0.4 is 21.3 Å². The van der Waals surface area contributed by atoms with Crippen LogP contribution in [0.15, 0.2) is 61.1 Å². The predicted molar refractivity (Wildman–Crippen MR) is 159 cm³/mol. The molecule has 1 fully saturated rings. The van der Waals surface area contributed by atoms with Crippen LogP contribution in [-0.2, 0) is 22.4 Å². The van der Waals surface area contributed by atoms with Crippen LogP contribution in [0.5, 0.6) is 0 Å². The SMILES string of the molecule is CC(C)C[C@H](NC(=O)[C@H](Cc1ccccc1)NC(=O)c1ccc(Nc2cc(CC3CCNCC3)ncn2)nc1)C(=O)O. The van der Waals surface area contributed by atoms with Crippen LogP contribution in [0.1, 0.15) is 54.7 Å². The van der Waals surface area contributed by atoms with Crippen molar-refractivity contribution in [3.05, 3.63) is 77.9 Å². The number of carbonyl (C=O) groups is 3. The van der Waals surface area contributed by atoms with Crippen LogP contribution in [0.25, 0.3) is 0 Å². The first kappa shape index (κ1) is 30.6. The molecule has 3 aromatic rings. The number of pyridine rings is 1. The lowest BCUT2D eigenvalue weighted by atomic mass is 9.93. The molecule has 0 saturated carbocycles. The highest BCUT2D eigenvalue weighted by Gasteiger charge is 2.28. The number of benzene rings is 1. The van der Waals surface area contributed by atoms with E-state index in [1.54, 1.807) is 12.1 Å². The summed E-state index contributed by atoms with van der Waals surface area (Å²) in [5.41, 5.74) is 2.06. The van der Waals surface area contributed by atoms with Gasteiger partial charge >= 0.3 is 5.97 Å². The lowest BCUT2D eigenvalue weighted by Gasteiger charge is -2.22. The summed E-state index contributed by atoms with van der Waals surface area (Å²) in [6.07, 6.45) is 6.59. The average molecular weight is 574 g/mol. The molecule has 0 bridgehead atoms. The zero-order valence-corrected chi connectivity index (χ0v) is 24.0. The van der Waals surface area contributed by atoms with Crippen molar-refractivity contribution in [3.8, 4) is 0 Å². The minimum absolute atomic E-state index is 0.0649. The third kappa shape index (κ3) is 9.34. The first-order valence-electron chi connectivity index (χ1n) is 14.4. The Morgan fingerprint density at radius 1 is 0.952 bits per heavy atom. The summed E-state index contributed by atoms with van der Waals surface area (Å²) in [6, 6.07) is 12.4. The van der Waals surface area contributed by atoms with E-state index in [0.29, 0.717) is 17.6 Å². The van der Waals surface area contributed by atoms with Gasteiger partial charge in [0.25, 0.3) is 5.91 Å².